The topological polar surface area (TPSA) is 56.5 Å². The van der Waals surface area contributed by atoms with Crippen LogP contribution in [0.25, 0.3) is 0 Å². The Morgan fingerprint density at radius 2 is 1.84 bits per heavy atom. The number of anilines is 3. The van der Waals surface area contributed by atoms with Crippen molar-refractivity contribution in [2.45, 2.75) is 6.92 Å². The van der Waals surface area contributed by atoms with E-state index >= 15 is 0 Å². The van der Waals surface area contributed by atoms with Gasteiger partial charge in [0, 0.05) is 35.3 Å². The molecule has 0 radical (unpaired) electrons. The molecular formula is C15H18N2O2. The highest BCUT2D eigenvalue weighted by Crippen LogP contribution is 2.26. The highest BCUT2D eigenvalue weighted by molar-refractivity contribution is 5.67. The Bertz CT molecular complexity index is 556. The number of hydrogen-bond acceptors (Lipinski definition) is 4. The van der Waals surface area contributed by atoms with Crippen molar-refractivity contribution in [3.63, 3.8) is 0 Å². The molecule has 19 heavy (non-hydrogen) atoms. The molecule has 0 saturated carbocycles. The van der Waals surface area contributed by atoms with E-state index in [0.29, 0.717) is 12.3 Å². The van der Waals surface area contributed by atoms with E-state index in [1.807, 2.05) is 43.3 Å². The van der Waals surface area contributed by atoms with Crippen molar-refractivity contribution >= 4 is 17.1 Å². The van der Waals surface area contributed by atoms with Crippen LogP contribution in [0.5, 0.6) is 11.5 Å². The summed E-state index contributed by atoms with van der Waals surface area (Å²) in [6.07, 6.45) is 0. The molecule has 4 heteroatoms. The molecule has 4 nitrogen and oxygen atoms in total. The highest BCUT2D eigenvalue weighted by Gasteiger charge is 2.01. The van der Waals surface area contributed by atoms with Gasteiger partial charge >= 0.3 is 0 Å². The molecule has 0 bridgehead atoms. The van der Waals surface area contributed by atoms with Crippen molar-refractivity contribution in [2.24, 2.45) is 0 Å². The van der Waals surface area contributed by atoms with Crippen LogP contribution >= 0.6 is 0 Å². The minimum absolute atomic E-state index is 0.613. The lowest BCUT2D eigenvalue weighted by Gasteiger charge is -2.11. The van der Waals surface area contributed by atoms with Gasteiger partial charge in [-0.05, 0) is 25.1 Å². The smallest absolute Gasteiger partial charge is 0.123 e. The summed E-state index contributed by atoms with van der Waals surface area (Å²) >= 11 is 0. The lowest BCUT2D eigenvalue weighted by molar-refractivity contribution is 0.340. The Kier molecular flexibility index (Phi) is 4.13. The average Bonchev–Trinajstić information content (AvgIpc) is 2.38. The Labute approximate surface area is 113 Å². The summed E-state index contributed by atoms with van der Waals surface area (Å²) < 4.78 is 10.7. The van der Waals surface area contributed by atoms with E-state index in [1.165, 1.54) is 0 Å². The number of hydrogen-bond donors (Lipinski definition) is 2. The van der Waals surface area contributed by atoms with Crippen LogP contribution in [-0.4, -0.2) is 13.7 Å². The Morgan fingerprint density at radius 3 is 2.58 bits per heavy atom. The van der Waals surface area contributed by atoms with Gasteiger partial charge in [0.05, 0.1) is 13.7 Å². The van der Waals surface area contributed by atoms with Crippen molar-refractivity contribution < 1.29 is 9.47 Å². The summed E-state index contributed by atoms with van der Waals surface area (Å²) in [6.45, 7) is 2.56. The zero-order valence-corrected chi connectivity index (χ0v) is 11.1. The minimum Gasteiger partial charge on any atom is -0.497 e. The first kappa shape index (κ1) is 13.1. The number of ether oxygens (including phenoxy) is 2. The predicted octanol–water partition coefficient (Wildman–Crippen LogP) is 3.42. The summed E-state index contributed by atoms with van der Waals surface area (Å²) in [5, 5.41) is 3.28. The Morgan fingerprint density at radius 1 is 1.05 bits per heavy atom. The standard InChI is InChI=1S/C15H18N2O2/c1-3-19-15-8-11(16)7-13(10-15)17-12-5-4-6-14(9-12)18-2/h4-10,17H,3,16H2,1-2H3. The number of rotatable bonds is 5. The van der Waals surface area contributed by atoms with Crippen molar-refractivity contribution in [2.75, 3.05) is 24.8 Å². The number of nitrogen functional groups attached to an aromatic ring is 1. The van der Waals surface area contributed by atoms with Crippen LogP contribution in [0, 0.1) is 0 Å². The molecule has 0 saturated heterocycles. The molecule has 0 spiro atoms. The van der Waals surface area contributed by atoms with Gasteiger partial charge in [-0.15, -0.1) is 0 Å². The first-order chi connectivity index (χ1) is 9.21. The number of benzene rings is 2. The highest BCUT2D eigenvalue weighted by atomic mass is 16.5. The largest absolute Gasteiger partial charge is 0.497 e. The fourth-order valence-corrected chi connectivity index (χ4v) is 1.81. The molecule has 2 aromatic carbocycles. The summed E-state index contributed by atoms with van der Waals surface area (Å²) in [5.41, 5.74) is 8.34. The average molecular weight is 258 g/mol. The second-order valence-electron chi connectivity index (χ2n) is 4.08. The minimum atomic E-state index is 0.613. The van der Waals surface area contributed by atoms with Crippen molar-refractivity contribution in [3.8, 4) is 11.5 Å². The van der Waals surface area contributed by atoms with E-state index in [9.17, 15) is 0 Å². The molecule has 0 aliphatic rings. The fraction of sp³-hybridized carbons (Fsp3) is 0.200. The van der Waals surface area contributed by atoms with Crippen molar-refractivity contribution in [1.82, 2.24) is 0 Å². The Hall–Kier alpha value is -2.36. The third-order valence-electron chi connectivity index (χ3n) is 2.60. The first-order valence-electron chi connectivity index (χ1n) is 6.15. The predicted molar refractivity (Wildman–Crippen MR) is 78.3 cm³/mol. The van der Waals surface area contributed by atoms with E-state index < -0.39 is 0 Å². The molecule has 3 N–H and O–H groups in total. The molecule has 0 fully saturated rings. The molecule has 100 valence electrons. The number of methoxy groups -OCH3 is 1. The second-order valence-corrected chi connectivity index (χ2v) is 4.08. The van der Waals surface area contributed by atoms with Gasteiger partial charge < -0.3 is 20.5 Å². The van der Waals surface area contributed by atoms with E-state index in [0.717, 1.165) is 22.9 Å². The van der Waals surface area contributed by atoms with Gasteiger partial charge in [0.15, 0.2) is 0 Å². The third kappa shape index (κ3) is 3.55. The van der Waals surface area contributed by atoms with Gasteiger partial charge in [-0.25, -0.2) is 0 Å². The lowest BCUT2D eigenvalue weighted by atomic mass is 10.2. The van der Waals surface area contributed by atoms with Crippen LogP contribution < -0.4 is 20.5 Å². The monoisotopic (exact) mass is 258 g/mol. The molecule has 0 unspecified atom stereocenters. The summed E-state index contributed by atoms with van der Waals surface area (Å²) in [4.78, 5) is 0. The molecule has 0 amide bonds. The molecule has 2 aromatic rings. The maximum absolute atomic E-state index is 5.85. The zero-order valence-electron chi connectivity index (χ0n) is 11.1. The third-order valence-corrected chi connectivity index (χ3v) is 2.60. The quantitative estimate of drug-likeness (QED) is 0.807. The van der Waals surface area contributed by atoms with E-state index in [-0.39, 0.29) is 0 Å². The summed E-state index contributed by atoms with van der Waals surface area (Å²) in [7, 11) is 1.65. The van der Waals surface area contributed by atoms with Crippen LogP contribution in [0.1, 0.15) is 6.92 Å². The van der Waals surface area contributed by atoms with Crippen LogP contribution in [0.2, 0.25) is 0 Å². The fourth-order valence-electron chi connectivity index (χ4n) is 1.81. The van der Waals surface area contributed by atoms with E-state index in [2.05, 4.69) is 5.32 Å². The normalized spacial score (nSPS) is 10.0. The number of nitrogens with two attached hydrogens (primary N) is 1. The molecule has 0 aliphatic heterocycles. The van der Waals surface area contributed by atoms with E-state index in [1.54, 1.807) is 13.2 Å². The van der Waals surface area contributed by atoms with Crippen molar-refractivity contribution in [3.05, 3.63) is 42.5 Å². The van der Waals surface area contributed by atoms with E-state index in [4.69, 9.17) is 15.2 Å². The van der Waals surface area contributed by atoms with Crippen LogP contribution in [0.4, 0.5) is 17.1 Å². The summed E-state index contributed by atoms with van der Waals surface area (Å²) in [6, 6.07) is 13.3. The number of nitrogens with one attached hydrogen (secondary N) is 1. The Balaban J connectivity index is 2.22. The zero-order chi connectivity index (χ0) is 13.7. The molecular weight excluding hydrogens is 240 g/mol. The van der Waals surface area contributed by atoms with Gasteiger partial charge in [0.25, 0.3) is 0 Å². The molecule has 0 atom stereocenters. The van der Waals surface area contributed by atoms with Gasteiger partial charge in [-0.1, -0.05) is 6.07 Å². The van der Waals surface area contributed by atoms with Gasteiger partial charge in [0.1, 0.15) is 11.5 Å². The lowest BCUT2D eigenvalue weighted by Crippen LogP contribution is -1.97. The van der Waals surface area contributed by atoms with Gasteiger partial charge in [-0.3, -0.25) is 0 Å². The first-order valence-corrected chi connectivity index (χ1v) is 6.15. The van der Waals surface area contributed by atoms with Gasteiger partial charge in [0.2, 0.25) is 0 Å². The maximum atomic E-state index is 5.85. The molecule has 2 rings (SSSR count). The van der Waals surface area contributed by atoms with Crippen LogP contribution in [0.3, 0.4) is 0 Å². The van der Waals surface area contributed by atoms with Crippen molar-refractivity contribution in [1.29, 1.82) is 0 Å². The molecule has 0 aromatic heterocycles. The second kappa shape index (κ2) is 6.00. The molecule has 0 aliphatic carbocycles. The SMILES string of the molecule is CCOc1cc(N)cc(Nc2cccc(OC)c2)c1. The van der Waals surface area contributed by atoms with Gasteiger partial charge in [-0.2, -0.15) is 0 Å². The maximum Gasteiger partial charge on any atom is 0.123 e. The van der Waals surface area contributed by atoms with Crippen LogP contribution in [0.15, 0.2) is 42.5 Å². The van der Waals surface area contributed by atoms with Crippen LogP contribution in [-0.2, 0) is 0 Å². The summed E-state index contributed by atoms with van der Waals surface area (Å²) in [5.74, 6) is 1.56. The molecule has 0 heterocycles.